The zero-order valence-corrected chi connectivity index (χ0v) is 14.3. The molecule has 1 amide bonds. The van der Waals surface area contributed by atoms with Gasteiger partial charge in [0.15, 0.2) is 0 Å². The van der Waals surface area contributed by atoms with Crippen molar-refractivity contribution in [3.63, 3.8) is 0 Å². The fraction of sp³-hybridized carbons (Fsp3) is 0.412. The molecular formula is C17H21F3N4O. The first-order chi connectivity index (χ1) is 11.7. The van der Waals surface area contributed by atoms with Gasteiger partial charge < -0.3 is 5.32 Å². The van der Waals surface area contributed by atoms with Crippen LogP contribution in [-0.4, -0.2) is 33.2 Å². The van der Waals surface area contributed by atoms with Crippen LogP contribution in [0.15, 0.2) is 36.7 Å². The van der Waals surface area contributed by atoms with E-state index in [-0.39, 0.29) is 18.3 Å². The smallest absolute Gasteiger partial charge is 0.324 e. The molecule has 8 heteroatoms. The van der Waals surface area contributed by atoms with Gasteiger partial charge in [-0.15, -0.1) is 0 Å². The summed E-state index contributed by atoms with van der Waals surface area (Å²) in [6, 6.07) is 5.00. The Morgan fingerprint density at radius 1 is 1.32 bits per heavy atom. The van der Waals surface area contributed by atoms with Gasteiger partial charge in [-0.05, 0) is 26.0 Å². The SMILES string of the molecule is CC(C)N(CC(=O)Nc1ccccc1C(F)(F)F)Cc1cnn(C)c1. The highest BCUT2D eigenvalue weighted by Gasteiger charge is 2.33. The lowest BCUT2D eigenvalue weighted by Crippen LogP contribution is -2.37. The molecule has 0 fully saturated rings. The Labute approximate surface area is 144 Å². The first-order valence-electron chi connectivity index (χ1n) is 7.84. The van der Waals surface area contributed by atoms with Gasteiger partial charge in [-0.2, -0.15) is 18.3 Å². The summed E-state index contributed by atoms with van der Waals surface area (Å²) in [7, 11) is 1.80. The van der Waals surface area contributed by atoms with Crippen LogP contribution in [0.1, 0.15) is 25.0 Å². The van der Waals surface area contributed by atoms with E-state index in [1.54, 1.807) is 17.9 Å². The van der Waals surface area contributed by atoms with Crippen molar-refractivity contribution >= 4 is 11.6 Å². The van der Waals surface area contributed by atoms with Crippen LogP contribution >= 0.6 is 0 Å². The van der Waals surface area contributed by atoms with Crippen molar-refractivity contribution in [2.75, 3.05) is 11.9 Å². The zero-order valence-electron chi connectivity index (χ0n) is 14.3. The topological polar surface area (TPSA) is 50.2 Å². The predicted molar refractivity (Wildman–Crippen MR) is 88.8 cm³/mol. The minimum Gasteiger partial charge on any atom is -0.324 e. The number of hydrogen-bond acceptors (Lipinski definition) is 3. The van der Waals surface area contributed by atoms with Gasteiger partial charge in [-0.25, -0.2) is 0 Å². The minimum absolute atomic E-state index is 0.0151. The summed E-state index contributed by atoms with van der Waals surface area (Å²) in [5, 5.41) is 6.45. The number of hydrogen-bond donors (Lipinski definition) is 1. The van der Waals surface area contributed by atoms with E-state index in [1.807, 2.05) is 24.9 Å². The van der Waals surface area contributed by atoms with Gasteiger partial charge in [-0.1, -0.05) is 12.1 Å². The Bertz CT molecular complexity index is 725. The molecule has 0 aliphatic rings. The molecule has 5 nitrogen and oxygen atoms in total. The van der Waals surface area contributed by atoms with E-state index in [1.165, 1.54) is 18.2 Å². The summed E-state index contributed by atoms with van der Waals surface area (Å²) >= 11 is 0. The van der Waals surface area contributed by atoms with E-state index in [4.69, 9.17) is 0 Å². The largest absolute Gasteiger partial charge is 0.418 e. The van der Waals surface area contributed by atoms with E-state index >= 15 is 0 Å². The third-order valence-corrected chi connectivity index (χ3v) is 3.73. The lowest BCUT2D eigenvalue weighted by atomic mass is 10.1. The van der Waals surface area contributed by atoms with Gasteiger partial charge in [0.2, 0.25) is 5.91 Å². The fourth-order valence-corrected chi connectivity index (χ4v) is 2.42. The normalized spacial score (nSPS) is 12.0. The first kappa shape index (κ1) is 19.0. The average Bonchev–Trinajstić information content (AvgIpc) is 2.91. The summed E-state index contributed by atoms with van der Waals surface area (Å²) in [6.07, 6.45) is -0.976. The highest BCUT2D eigenvalue weighted by Crippen LogP contribution is 2.34. The van der Waals surface area contributed by atoms with Gasteiger partial charge in [0.05, 0.1) is 24.0 Å². The second-order valence-corrected chi connectivity index (χ2v) is 6.11. The van der Waals surface area contributed by atoms with Crippen molar-refractivity contribution in [3.05, 3.63) is 47.8 Å². The number of nitrogens with one attached hydrogen (secondary N) is 1. The van der Waals surface area contributed by atoms with Crippen LogP contribution in [0, 0.1) is 0 Å². The van der Waals surface area contributed by atoms with E-state index < -0.39 is 17.6 Å². The van der Waals surface area contributed by atoms with E-state index in [0.29, 0.717) is 6.54 Å². The summed E-state index contributed by atoms with van der Waals surface area (Å²) in [5.74, 6) is -0.491. The van der Waals surface area contributed by atoms with E-state index in [2.05, 4.69) is 10.4 Å². The molecule has 0 atom stereocenters. The Balaban J connectivity index is 2.07. The Morgan fingerprint density at radius 3 is 2.56 bits per heavy atom. The number of anilines is 1. The number of amides is 1. The summed E-state index contributed by atoms with van der Waals surface area (Å²) in [5.41, 5.74) is -0.156. The van der Waals surface area contributed by atoms with Gasteiger partial charge in [0.1, 0.15) is 0 Å². The van der Waals surface area contributed by atoms with Crippen LogP contribution in [0.25, 0.3) is 0 Å². The Morgan fingerprint density at radius 2 is 2.00 bits per heavy atom. The molecule has 0 spiro atoms. The average molecular weight is 354 g/mol. The number of nitrogens with zero attached hydrogens (tertiary/aromatic N) is 3. The van der Waals surface area contributed by atoms with Crippen LogP contribution in [-0.2, 0) is 24.6 Å². The van der Waals surface area contributed by atoms with Crippen molar-refractivity contribution in [2.45, 2.75) is 32.6 Å². The van der Waals surface area contributed by atoms with E-state index in [0.717, 1.165) is 11.6 Å². The van der Waals surface area contributed by atoms with Crippen LogP contribution in [0.3, 0.4) is 0 Å². The van der Waals surface area contributed by atoms with Crippen LogP contribution in [0.4, 0.5) is 18.9 Å². The molecule has 0 aliphatic heterocycles. The summed E-state index contributed by atoms with van der Waals surface area (Å²) in [4.78, 5) is 14.1. The van der Waals surface area contributed by atoms with Crippen molar-refractivity contribution in [1.29, 1.82) is 0 Å². The van der Waals surface area contributed by atoms with Crippen molar-refractivity contribution in [3.8, 4) is 0 Å². The molecule has 2 aromatic rings. The number of halogens is 3. The Kier molecular flexibility index (Phi) is 5.84. The molecule has 25 heavy (non-hydrogen) atoms. The van der Waals surface area contributed by atoms with Gasteiger partial charge >= 0.3 is 6.18 Å². The predicted octanol–water partition coefficient (Wildman–Crippen LogP) is 3.29. The molecule has 0 radical (unpaired) electrons. The third kappa shape index (κ3) is 5.32. The monoisotopic (exact) mass is 354 g/mol. The zero-order chi connectivity index (χ0) is 18.6. The fourth-order valence-electron chi connectivity index (χ4n) is 2.42. The van der Waals surface area contributed by atoms with Crippen molar-refractivity contribution in [1.82, 2.24) is 14.7 Å². The molecule has 1 aromatic carbocycles. The number of alkyl halides is 3. The maximum atomic E-state index is 13.0. The summed E-state index contributed by atoms with van der Waals surface area (Å²) in [6.45, 7) is 4.32. The van der Waals surface area contributed by atoms with Gasteiger partial charge in [0.25, 0.3) is 0 Å². The maximum absolute atomic E-state index is 13.0. The number of aryl methyl sites for hydroxylation is 1. The van der Waals surface area contributed by atoms with Gasteiger partial charge in [-0.3, -0.25) is 14.4 Å². The van der Waals surface area contributed by atoms with Crippen LogP contribution in [0.2, 0.25) is 0 Å². The third-order valence-electron chi connectivity index (χ3n) is 3.73. The number of rotatable bonds is 6. The molecule has 2 rings (SSSR count). The number of carbonyl (C=O) groups is 1. The first-order valence-corrected chi connectivity index (χ1v) is 7.84. The van der Waals surface area contributed by atoms with Crippen LogP contribution < -0.4 is 5.32 Å². The number of benzene rings is 1. The number of aromatic nitrogens is 2. The molecule has 0 bridgehead atoms. The molecule has 0 saturated carbocycles. The van der Waals surface area contributed by atoms with Crippen molar-refractivity contribution < 1.29 is 18.0 Å². The second-order valence-electron chi connectivity index (χ2n) is 6.11. The molecule has 136 valence electrons. The quantitative estimate of drug-likeness (QED) is 0.866. The Hall–Kier alpha value is -2.35. The molecular weight excluding hydrogens is 333 g/mol. The van der Waals surface area contributed by atoms with Crippen LogP contribution in [0.5, 0.6) is 0 Å². The summed E-state index contributed by atoms with van der Waals surface area (Å²) < 4.78 is 40.7. The highest BCUT2D eigenvalue weighted by molar-refractivity contribution is 5.93. The lowest BCUT2D eigenvalue weighted by Gasteiger charge is -2.25. The molecule has 1 N–H and O–H groups in total. The maximum Gasteiger partial charge on any atom is 0.418 e. The highest BCUT2D eigenvalue weighted by atomic mass is 19.4. The molecule has 0 aliphatic carbocycles. The molecule has 1 heterocycles. The minimum atomic E-state index is -4.52. The molecule has 0 unspecified atom stereocenters. The second kappa shape index (κ2) is 7.69. The van der Waals surface area contributed by atoms with Crippen molar-refractivity contribution in [2.24, 2.45) is 7.05 Å². The van der Waals surface area contributed by atoms with Gasteiger partial charge in [0, 0.05) is 31.4 Å². The standard InChI is InChI=1S/C17H21F3N4O/c1-12(2)24(10-13-8-21-23(3)9-13)11-16(25)22-15-7-5-4-6-14(15)17(18,19)20/h4-9,12H,10-11H2,1-3H3,(H,22,25). The molecule has 1 aromatic heterocycles. The lowest BCUT2D eigenvalue weighted by molar-refractivity contribution is -0.137. The molecule has 0 saturated heterocycles. The number of para-hydroxylation sites is 1. The van der Waals surface area contributed by atoms with E-state index in [9.17, 15) is 18.0 Å². The number of carbonyl (C=O) groups excluding carboxylic acids is 1.